The van der Waals surface area contributed by atoms with Gasteiger partial charge in [0.25, 0.3) is 5.78 Å². The van der Waals surface area contributed by atoms with Gasteiger partial charge >= 0.3 is 6.21 Å². The van der Waals surface area contributed by atoms with Crippen LogP contribution < -0.4 is 0 Å². The van der Waals surface area contributed by atoms with E-state index in [9.17, 15) is 4.79 Å². The number of hydrogen-bond donors (Lipinski definition) is 0. The number of fused-ring (bicyclic) bond motifs is 1. The second-order valence-electron chi connectivity index (χ2n) is 2.99. The minimum Gasteiger partial charge on any atom is -0.361 e. The predicted octanol–water partition coefficient (Wildman–Crippen LogP) is 1.72. The van der Waals surface area contributed by atoms with Crippen LogP contribution >= 0.6 is 0 Å². The summed E-state index contributed by atoms with van der Waals surface area (Å²) in [7, 11) is 0. The molecule has 1 aromatic carbocycles. The second-order valence-corrected chi connectivity index (χ2v) is 2.99. The maximum atomic E-state index is 11.5. The second kappa shape index (κ2) is 3.82. The lowest BCUT2D eigenvalue weighted by molar-refractivity contribution is 0.00231. The monoisotopic (exact) mass is 197 g/mol. The van der Waals surface area contributed by atoms with E-state index in [1.807, 2.05) is 24.3 Å². The highest BCUT2D eigenvalue weighted by molar-refractivity contribution is 6.35. The Hall–Kier alpha value is -2.32. The average molecular weight is 197 g/mol. The van der Waals surface area contributed by atoms with Gasteiger partial charge in [0, 0.05) is 11.6 Å². The first-order valence-corrected chi connectivity index (χ1v) is 4.38. The fourth-order valence-electron chi connectivity index (χ4n) is 1.43. The molecule has 1 heterocycles. The third kappa shape index (κ3) is 1.66. The van der Waals surface area contributed by atoms with Crippen LogP contribution in [-0.2, 0) is 0 Å². The number of ketones is 1. The number of Topliss-reactive ketones (excluding diaryl/α,β-unsaturated/α-hetero) is 1. The molecule has 0 atom stereocenters. The first-order valence-electron chi connectivity index (χ1n) is 4.38. The summed E-state index contributed by atoms with van der Waals surface area (Å²) < 4.78 is 0. The lowest BCUT2D eigenvalue weighted by atomic mass is 10.1. The quantitative estimate of drug-likeness (QED) is 0.318. The average Bonchev–Trinajstić information content (AvgIpc) is 2.28. The fraction of sp³-hybridized carbons (Fsp3) is 0. The van der Waals surface area contributed by atoms with Crippen LogP contribution in [0.2, 0.25) is 0 Å². The van der Waals surface area contributed by atoms with Gasteiger partial charge in [-0.3, -0.25) is 9.78 Å². The van der Waals surface area contributed by atoms with Crippen molar-refractivity contribution in [3.8, 4) is 0 Å². The first-order chi connectivity index (χ1) is 7.33. The number of pyridine rings is 1. The molecule has 0 saturated carbocycles. The minimum atomic E-state index is -0.408. The number of carbonyl (C=O) groups is 1. The summed E-state index contributed by atoms with van der Waals surface area (Å²) >= 11 is 0. The van der Waals surface area contributed by atoms with Crippen LogP contribution in [0.3, 0.4) is 0 Å². The van der Waals surface area contributed by atoms with Gasteiger partial charge in [-0.15, -0.1) is 0 Å². The highest BCUT2D eigenvalue weighted by Gasteiger charge is 2.11. The topological polar surface area (TPSA) is 66.4 Å². The molecule has 0 aliphatic carbocycles. The Morgan fingerprint density at radius 3 is 2.93 bits per heavy atom. The summed E-state index contributed by atoms with van der Waals surface area (Å²) in [5.74, 6) is -0.408. The fourth-order valence-corrected chi connectivity index (χ4v) is 1.43. The Balaban J connectivity index is 2.71. The zero-order chi connectivity index (χ0) is 10.7. The molecule has 4 nitrogen and oxygen atoms in total. The van der Waals surface area contributed by atoms with E-state index < -0.39 is 5.78 Å². The molecule has 72 valence electrons. The smallest absolute Gasteiger partial charge is 0.329 e. The highest BCUT2D eigenvalue weighted by atomic mass is 16.1. The van der Waals surface area contributed by atoms with E-state index in [1.165, 1.54) is 0 Å². The SMILES string of the molecule is [N-]=[N+]=CC(=O)c1nccc2ccccc12. The third-order valence-electron chi connectivity index (χ3n) is 2.08. The van der Waals surface area contributed by atoms with Crippen molar-refractivity contribution in [2.24, 2.45) is 0 Å². The van der Waals surface area contributed by atoms with Crippen molar-refractivity contribution >= 4 is 22.8 Å². The molecule has 1 aromatic heterocycles. The lowest BCUT2D eigenvalue weighted by Gasteiger charge is -1.99. The summed E-state index contributed by atoms with van der Waals surface area (Å²) in [6.45, 7) is 0. The van der Waals surface area contributed by atoms with E-state index in [4.69, 9.17) is 5.53 Å². The van der Waals surface area contributed by atoms with E-state index in [-0.39, 0.29) is 0 Å². The van der Waals surface area contributed by atoms with Crippen molar-refractivity contribution in [2.45, 2.75) is 0 Å². The van der Waals surface area contributed by atoms with Crippen LogP contribution in [0.4, 0.5) is 0 Å². The molecular formula is C11H7N3O. The molecule has 2 aromatic rings. The van der Waals surface area contributed by atoms with Crippen LogP contribution in [0, 0.1) is 0 Å². The molecule has 0 fully saturated rings. The van der Waals surface area contributed by atoms with Gasteiger partial charge in [-0.2, -0.15) is 4.79 Å². The molecule has 0 aliphatic heterocycles. The number of benzene rings is 1. The Labute approximate surface area is 85.8 Å². The summed E-state index contributed by atoms with van der Waals surface area (Å²) in [6.07, 6.45) is 2.40. The molecule has 0 radical (unpaired) electrons. The number of rotatable bonds is 2. The maximum Gasteiger partial charge on any atom is 0.329 e. The Morgan fingerprint density at radius 1 is 1.33 bits per heavy atom. The Morgan fingerprint density at radius 2 is 2.13 bits per heavy atom. The zero-order valence-electron chi connectivity index (χ0n) is 7.79. The summed E-state index contributed by atoms with van der Waals surface area (Å²) in [5, 5.41) is 1.69. The molecule has 2 rings (SSSR count). The molecule has 0 spiro atoms. The van der Waals surface area contributed by atoms with Gasteiger partial charge in [0.2, 0.25) is 0 Å². The van der Waals surface area contributed by atoms with E-state index in [2.05, 4.69) is 9.77 Å². The summed E-state index contributed by atoms with van der Waals surface area (Å²) in [4.78, 5) is 18.2. The van der Waals surface area contributed by atoms with Gasteiger partial charge in [-0.1, -0.05) is 24.3 Å². The van der Waals surface area contributed by atoms with Crippen molar-refractivity contribution in [2.75, 3.05) is 0 Å². The maximum absolute atomic E-state index is 11.5. The van der Waals surface area contributed by atoms with Crippen molar-refractivity contribution in [3.05, 3.63) is 47.8 Å². The molecule has 0 N–H and O–H groups in total. The number of carbonyl (C=O) groups excluding carboxylic acids is 1. The molecule has 4 heteroatoms. The number of nitrogens with zero attached hydrogens (tertiary/aromatic N) is 3. The van der Waals surface area contributed by atoms with Crippen LogP contribution in [0.25, 0.3) is 16.3 Å². The van der Waals surface area contributed by atoms with Crippen LogP contribution in [0.15, 0.2) is 36.5 Å². The van der Waals surface area contributed by atoms with Crippen molar-refractivity contribution in [1.82, 2.24) is 4.98 Å². The van der Waals surface area contributed by atoms with Crippen molar-refractivity contribution < 1.29 is 9.58 Å². The number of aromatic nitrogens is 1. The van der Waals surface area contributed by atoms with Gasteiger partial charge in [0.05, 0.1) is 0 Å². The van der Waals surface area contributed by atoms with Gasteiger partial charge < -0.3 is 5.53 Å². The Bertz CT molecular complexity index is 566. The molecule has 0 bridgehead atoms. The molecular weight excluding hydrogens is 190 g/mol. The summed E-state index contributed by atoms with van der Waals surface area (Å²) in [6, 6.07) is 9.24. The Kier molecular flexibility index (Phi) is 2.35. The molecule has 0 unspecified atom stereocenters. The van der Waals surface area contributed by atoms with Gasteiger partial charge in [-0.25, -0.2) is 0 Å². The molecule has 0 aliphatic rings. The standard InChI is InChI=1S/C11H7N3O/c12-14-7-10(15)11-9-4-2-1-3-8(9)5-6-13-11/h1-7H. The third-order valence-corrected chi connectivity index (χ3v) is 2.08. The van der Waals surface area contributed by atoms with Gasteiger partial charge in [-0.05, 0) is 11.5 Å². The molecule has 0 saturated heterocycles. The van der Waals surface area contributed by atoms with Gasteiger partial charge in [0.15, 0.2) is 0 Å². The molecule has 15 heavy (non-hydrogen) atoms. The first kappa shape index (κ1) is 9.24. The predicted molar refractivity (Wildman–Crippen MR) is 55.8 cm³/mol. The van der Waals surface area contributed by atoms with E-state index in [0.29, 0.717) is 5.69 Å². The van der Waals surface area contributed by atoms with Crippen LogP contribution in [-0.4, -0.2) is 21.8 Å². The van der Waals surface area contributed by atoms with E-state index in [0.717, 1.165) is 17.0 Å². The van der Waals surface area contributed by atoms with Crippen LogP contribution in [0.5, 0.6) is 0 Å². The largest absolute Gasteiger partial charge is 0.361 e. The lowest BCUT2D eigenvalue weighted by Crippen LogP contribution is -2.04. The summed E-state index contributed by atoms with van der Waals surface area (Å²) in [5.41, 5.74) is 8.59. The van der Waals surface area contributed by atoms with Gasteiger partial charge in [0.1, 0.15) is 5.69 Å². The van der Waals surface area contributed by atoms with Crippen LogP contribution in [0.1, 0.15) is 10.5 Å². The minimum absolute atomic E-state index is 0.297. The normalized spacial score (nSPS) is 9.60. The van der Waals surface area contributed by atoms with E-state index >= 15 is 0 Å². The number of hydrogen-bond acceptors (Lipinski definition) is 2. The molecule has 0 amide bonds. The highest BCUT2D eigenvalue weighted by Crippen LogP contribution is 2.15. The van der Waals surface area contributed by atoms with E-state index in [1.54, 1.807) is 12.3 Å². The zero-order valence-corrected chi connectivity index (χ0v) is 7.79. The van der Waals surface area contributed by atoms with Crippen molar-refractivity contribution in [3.63, 3.8) is 0 Å². The van der Waals surface area contributed by atoms with Crippen molar-refractivity contribution in [1.29, 1.82) is 0 Å².